The number of hydrogen-bond donors (Lipinski definition) is 1. The van der Waals surface area contributed by atoms with E-state index in [9.17, 15) is 13.2 Å². The summed E-state index contributed by atoms with van der Waals surface area (Å²) in [5.74, 6) is 0.719. The smallest absolute Gasteiger partial charge is 0.353 e. The molecule has 0 aliphatic carbocycles. The Kier molecular flexibility index (Phi) is 4.77. The van der Waals surface area contributed by atoms with Gasteiger partial charge in [0.2, 0.25) is 0 Å². The molecule has 0 spiro atoms. The Morgan fingerprint density at radius 2 is 1.85 bits per heavy atom. The number of halogens is 3. The maximum Gasteiger partial charge on any atom is 0.401 e. The Morgan fingerprint density at radius 1 is 1.15 bits per heavy atom. The Morgan fingerprint density at radius 3 is 2.35 bits per heavy atom. The van der Waals surface area contributed by atoms with Gasteiger partial charge in [-0.3, -0.25) is 9.88 Å². The van der Waals surface area contributed by atoms with Gasteiger partial charge in [-0.1, -0.05) is 0 Å². The first kappa shape index (κ1) is 15.0. The van der Waals surface area contributed by atoms with Crippen molar-refractivity contribution < 1.29 is 13.2 Å². The van der Waals surface area contributed by atoms with Crippen LogP contribution in [0.5, 0.6) is 0 Å². The van der Waals surface area contributed by atoms with Crippen LogP contribution in [0.15, 0.2) is 12.4 Å². The third-order valence-electron chi connectivity index (χ3n) is 3.15. The molecule has 0 saturated carbocycles. The van der Waals surface area contributed by atoms with E-state index in [-0.39, 0.29) is 0 Å². The first-order valence-electron chi connectivity index (χ1n) is 6.47. The van der Waals surface area contributed by atoms with Crippen LogP contribution in [0.1, 0.15) is 5.69 Å². The number of aromatic nitrogens is 2. The van der Waals surface area contributed by atoms with Gasteiger partial charge in [-0.2, -0.15) is 13.2 Å². The number of rotatable bonds is 4. The van der Waals surface area contributed by atoms with Gasteiger partial charge in [0.25, 0.3) is 0 Å². The van der Waals surface area contributed by atoms with E-state index in [1.807, 2.05) is 11.9 Å². The normalized spacial score (nSPS) is 17.5. The van der Waals surface area contributed by atoms with E-state index in [1.54, 1.807) is 12.4 Å². The van der Waals surface area contributed by atoms with Gasteiger partial charge in [-0.25, -0.2) is 4.98 Å². The summed E-state index contributed by atoms with van der Waals surface area (Å²) in [5.41, 5.74) is 0.840. The van der Waals surface area contributed by atoms with E-state index in [4.69, 9.17) is 0 Å². The SMILES string of the molecule is CNCc1cnc(N2CCN(CC(F)(F)F)CC2)cn1. The van der Waals surface area contributed by atoms with Crippen molar-refractivity contribution in [3.63, 3.8) is 0 Å². The summed E-state index contributed by atoms with van der Waals surface area (Å²) in [6, 6.07) is 0. The lowest BCUT2D eigenvalue weighted by Crippen LogP contribution is -2.49. The van der Waals surface area contributed by atoms with Gasteiger partial charge in [-0.15, -0.1) is 0 Å². The van der Waals surface area contributed by atoms with Crippen molar-refractivity contribution in [1.82, 2.24) is 20.2 Å². The average Bonchev–Trinajstić information content (AvgIpc) is 2.39. The Bertz CT molecular complexity index is 412. The summed E-state index contributed by atoms with van der Waals surface area (Å²) >= 11 is 0. The largest absolute Gasteiger partial charge is 0.401 e. The molecular formula is C12H18F3N5. The second kappa shape index (κ2) is 6.36. The van der Waals surface area contributed by atoms with E-state index in [2.05, 4.69) is 15.3 Å². The number of nitrogens with zero attached hydrogens (tertiary/aromatic N) is 4. The van der Waals surface area contributed by atoms with E-state index in [1.165, 1.54) is 4.90 Å². The molecule has 20 heavy (non-hydrogen) atoms. The standard InChI is InChI=1S/C12H18F3N5/c1-16-6-10-7-18-11(8-17-10)20-4-2-19(3-5-20)9-12(13,14)15/h7-8,16H,2-6,9H2,1H3. The quantitative estimate of drug-likeness (QED) is 0.891. The molecule has 0 atom stereocenters. The molecule has 5 nitrogen and oxygen atoms in total. The molecule has 2 heterocycles. The maximum atomic E-state index is 12.3. The highest BCUT2D eigenvalue weighted by molar-refractivity contribution is 5.36. The number of piperazine rings is 1. The third kappa shape index (κ3) is 4.31. The molecule has 0 radical (unpaired) electrons. The second-order valence-corrected chi connectivity index (χ2v) is 4.77. The van der Waals surface area contributed by atoms with Gasteiger partial charge in [-0.05, 0) is 7.05 Å². The van der Waals surface area contributed by atoms with Crippen LogP contribution in [0, 0.1) is 0 Å². The van der Waals surface area contributed by atoms with Crippen LogP contribution in [0.3, 0.4) is 0 Å². The fourth-order valence-electron chi connectivity index (χ4n) is 2.17. The van der Waals surface area contributed by atoms with Gasteiger partial charge in [0.15, 0.2) is 0 Å². The zero-order valence-corrected chi connectivity index (χ0v) is 11.3. The van der Waals surface area contributed by atoms with Crippen molar-refractivity contribution in [2.45, 2.75) is 12.7 Å². The van der Waals surface area contributed by atoms with E-state index >= 15 is 0 Å². The highest BCUT2D eigenvalue weighted by atomic mass is 19.4. The van der Waals surface area contributed by atoms with Crippen LogP contribution in [0.2, 0.25) is 0 Å². The summed E-state index contributed by atoms with van der Waals surface area (Å²) in [6.45, 7) is 1.66. The molecule has 0 amide bonds. The van der Waals surface area contributed by atoms with E-state index in [0.29, 0.717) is 32.7 Å². The van der Waals surface area contributed by atoms with Gasteiger partial charge in [0.1, 0.15) is 5.82 Å². The maximum absolute atomic E-state index is 12.3. The fraction of sp³-hybridized carbons (Fsp3) is 0.667. The zero-order valence-electron chi connectivity index (χ0n) is 11.3. The number of nitrogens with one attached hydrogen (secondary N) is 1. The van der Waals surface area contributed by atoms with Crippen molar-refractivity contribution in [2.24, 2.45) is 0 Å². The second-order valence-electron chi connectivity index (χ2n) is 4.77. The van der Waals surface area contributed by atoms with E-state index in [0.717, 1.165) is 11.5 Å². The molecule has 0 unspecified atom stereocenters. The Balaban J connectivity index is 1.87. The first-order valence-corrected chi connectivity index (χ1v) is 6.47. The molecule has 2 rings (SSSR count). The molecule has 1 aliphatic heterocycles. The molecule has 112 valence electrons. The lowest BCUT2D eigenvalue weighted by atomic mass is 10.3. The summed E-state index contributed by atoms with van der Waals surface area (Å²) in [5, 5.41) is 2.98. The molecule has 0 aromatic carbocycles. The summed E-state index contributed by atoms with van der Waals surface area (Å²) in [6.07, 6.45) is -0.767. The van der Waals surface area contributed by atoms with Gasteiger partial charge < -0.3 is 10.2 Å². The van der Waals surface area contributed by atoms with Crippen molar-refractivity contribution in [3.05, 3.63) is 18.1 Å². The molecule has 1 saturated heterocycles. The molecule has 0 bridgehead atoms. The summed E-state index contributed by atoms with van der Waals surface area (Å²) < 4.78 is 36.9. The average molecular weight is 289 g/mol. The van der Waals surface area contributed by atoms with Crippen LogP contribution < -0.4 is 10.2 Å². The predicted octanol–water partition coefficient (Wildman–Crippen LogP) is 0.880. The summed E-state index contributed by atoms with van der Waals surface area (Å²) in [4.78, 5) is 11.9. The zero-order chi connectivity index (χ0) is 14.6. The van der Waals surface area contributed by atoms with Crippen LogP contribution in [0.4, 0.5) is 19.0 Å². The van der Waals surface area contributed by atoms with Crippen molar-refractivity contribution in [3.8, 4) is 0 Å². The van der Waals surface area contributed by atoms with Gasteiger partial charge >= 0.3 is 6.18 Å². The lowest BCUT2D eigenvalue weighted by molar-refractivity contribution is -0.146. The van der Waals surface area contributed by atoms with Crippen molar-refractivity contribution in [1.29, 1.82) is 0 Å². The van der Waals surface area contributed by atoms with Crippen LogP contribution >= 0.6 is 0 Å². The molecule has 1 N–H and O–H groups in total. The molecule has 1 aromatic rings. The minimum atomic E-state index is -4.13. The molecule has 1 fully saturated rings. The topological polar surface area (TPSA) is 44.3 Å². The van der Waals surface area contributed by atoms with Crippen molar-refractivity contribution in [2.75, 3.05) is 44.7 Å². The highest BCUT2D eigenvalue weighted by Crippen LogP contribution is 2.19. The minimum absolute atomic E-state index is 0.388. The van der Waals surface area contributed by atoms with Crippen LogP contribution in [-0.4, -0.2) is 60.8 Å². The summed E-state index contributed by atoms with van der Waals surface area (Å²) in [7, 11) is 1.83. The number of anilines is 1. The van der Waals surface area contributed by atoms with Gasteiger partial charge in [0.05, 0.1) is 24.6 Å². The van der Waals surface area contributed by atoms with Crippen LogP contribution in [-0.2, 0) is 6.54 Å². The number of hydrogen-bond acceptors (Lipinski definition) is 5. The third-order valence-corrected chi connectivity index (χ3v) is 3.15. The van der Waals surface area contributed by atoms with Gasteiger partial charge in [0, 0.05) is 32.7 Å². The first-order chi connectivity index (χ1) is 9.48. The molecular weight excluding hydrogens is 271 g/mol. The minimum Gasteiger partial charge on any atom is -0.353 e. The van der Waals surface area contributed by atoms with Crippen molar-refractivity contribution >= 4 is 5.82 Å². The lowest BCUT2D eigenvalue weighted by Gasteiger charge is -2.35. The monoisotopic (exact) mass is 289 g/mol. The Labute approximate surface area is 115 Å². The molecule has 1 aromatic heterocycles. The molecule has 8 heteroatoms. The molecule has 1 aliphatic rings. The number of alkyl halides is 3. The fourth-order valence-corrected chi connectivity index (χ4v) is 2.17. The predicted molar refractivity (Wildman–Crippen MR) is 69.5 cm³/mol. The highest BCUT2D eigenvalue weighted by Gasteiger charge is 2.32. The Hall–Kier alpha value is -1.41. The van der Waals surface area contributed by atoms with E-state index < -0.39 is 12.7 Å². The van der Waals surface area contributed by atoms with Crippen LogP contribution in [0.25, 0.3) is 0 Å².